The van der Waals surface area contributed by atoms with Crippen LogP contribution in [0.25, 0.3) is 0 Å². The van der Waals surface area contributed by atoms with Gasteiger partial charge in [0.1, 0.15) is 0 Å². The average molecular weight is 323 g/mol. The highest BCUT2D eigenvalue weighted by Crippen LogP contribution is 2.43. The van der Waals surface area contributed by atoms with Gasteiger partial charge in [-0.2, -0.15) is 0 Å². The predicted octanol–water partition coefficient (Wildman–Crippen LogP) is 3.99. The van der Waals surface area contributed by atoms with Crippen LogP contribution in [-0.2, 0) is 0 Å². The van der Waals surface area contributed by atoms with Gasteiger partial charge >= 0.3 is 0 Å². The van der Waals surface area contributed by atoms with Gasteiger partial charge in [0.15, 0.2) is 0 Å². The minimum absolute atomic E-state index is 0.0272. The maximum atomic E-state index is 6.20. The van der Waals surface area contributed by atoms with Crippen LogP contribution in [0.15, 0.2) is 0 Å². The Morgan fingerprint density at radius 2 is 1.40 bits per heavy atom. The quantitative estimate of drug-likeness (QED) is 0.617. The summed E-state index contributed by atoms with van der Waals surface area (Å²) in [6, 6.07) is 0. The molecule has 0 aromatic heterocycles. The largest absolute Gasteiger partial charge is 0.325 e. The van der Waals surface area contributed by atoms with Crippen LogP contribution in [0.2, 0.25) is 0 Å². The molecule has 0 radical (unpaired) electrons. The summed E-state index contributed by atoms with van der Waals surface area (Å²) < 4.78 is 1.27. The fraction of sp³-hybridized carbons (Fsp3) is 1.00. The van der Waals surface area contributed by atoms with E-state index in [2.05, 4.69) is 50.3 Å². The van der Waals surface area contributed by atoms with Crippen molar-refractivity contribution in [3.05, 3.63) is 0 Å². The number of hydrogen-bond donors (Lipinski definition) is 1. The molecule has 1 fully saturated rings. The van der Waals surface area contributed by atoms with Crippen molar-refractivity contribution in [2.24, 2.45) is 23.0 Å². The van der Waals surface area contributed by atoms with E-state index in [0.29, 0.717) is 5.41 Å². The van der Waals surface area contributed by atoms with Gasteiger partial charge in [-0.3, -0.25) is 0 Å². The minimum atomic E-state index is 0.0272. The summed E-state index contributed by atoms with van der Waals surface area (Å²) in [5.41, 5.74) is 6.74. The first-order valence-corrected chi connectivity index (χ1v) is 7.65. The van der Waals surface area contributed by atoms with E-state index < -0.39 is 0 Å². The SMILES string of the molecule is CC(C)(N)C1CCC(C(C)(C)CI)CC1. The monoisotopic (exact) mass is 323 g/mol. The standard InChI is InChI=1S/C13H26IN/c1-12(2,9-14)10-5-7-11(8-6-10)13(3,4)15/h10-11H,5-9,15H2,1-4H3. The van der Waals surface area contributed by atoms with Crippen molar-refractivity contribution in [1.29, 1.82) is 0 Å². The van der Waals surface area contributed by atoms with Gasteiger partial charge in [0.05, 0.1) is 0 Å². The van der Waals surface area contributed by atoms with Crippen molar-refractivity contribution in [2.75, 3.05) is 4.43 Å². The zero-order valence-electron chi connectivity index (χ0n) is 10.6. The van der Waals surface area contributed by atoms with Crippen LogP contribution in [0.5, 0.6) is 0 Å². The van der Waals surface area contributed by atoms with Gasteiger partial charge in [-0.05, 0) is 56.8 Å². The van der Waals surface area contributed by atoms with E-state index in [0.717, 1.165) is 11.8 Å². The summed E-state index contributed by atoms with van der Waals surface area (Å²) in [5.74, 6) is 1.65. The predicted molar refractivity (Wildman–Crippen MR) is 76.4 cm³/mol. The van der Waals surface area contributed by atoms with Gasteiger partial charge in [-0.15, -0.1) is 0 Å². The second kappa shape index (κ2) is 4.91. The first-order chi connectivity index (χ1) is 6.77. The molecular formula is C13H26IN. The van der Waals surface area contributed by atoms with Gasteiger partial charge in [0, 0.05) is 9.97 Å². The topological polar surface area (TPSA) is 26.0 Å². The molecule has 1 nitrogen and oxygen atoms in total. The van der Waals surface area contributed by atoms with E-state index in [1.165, 1.54) is 30.1 Å². The van der Waals surface area contributed by atoms with Gasteiger partial charge in [-0.25, -0.2) is 0 Å². The maximum Gasteiger partial charge on any atom is 0.0125 e. The summed E-state index contributed by atoms with van der Waals surface area (Å²) in [6.07, 6.45) is 5.41. The second-order valence-electron chi connectivity index (χ2n) is 6.49. The molecule has 0 atom stereocenters. The fourth-order valence-electron chi connectivity index (χ4n) is 2.73. The molecule has 1 rings (SSSR count). The van der Waals surface area contributed by atoms with Crippen LogP contribution in [0.4, 0.5) is 0 Å². The molecule has 0 aromatic carbocycles. The van der Waals surface area contributed by atoms with Gasteiger partial charge in [0.2, 0.25) is 0 Å². The Kier molecular flexibility index (Phi) is 4.50. The molecule has 0 spiro atoms. The molecule has 0 amide bonds. The van der Waals surface area contributed by atoms with Crippen molar-refractivity contribution < 1.29 is 0 Å². The first-order valence-electron chi connectivity index (χ1n) is 6.12. The van der Waals surface area contributed by atoms with Crippen LogP contribution in [-0.4, -0.2) is 9.97 Å². The van der Waals surface area contributed by atoms with E-state index in [9.17, 15) is 0 Å². The number of hydrogen-bond acceptors (Lipinski definition) is 1. The zero-order valence-corrected chi connectivity index (χ0v) is 12.8. The number of alkyl halides is 1. The van der Waals surface area contributed by atoms with E-state index in [1.807, 2.05) is 0 Å². The average Bonchev–Trinajstić information content (AvgIpc) is 2.17. The Balaban J connectivity index is 2.50. The molecule has 2 N–H and O–H groups in total. The highest BCUT2D eigenvalue weighted by atomic mass is 127. The summed E-state index contributed by atoms with van der Waals surface area (Å²) in [6.45, 7) is 9.19. The molecule has 0 aliphatic heterocycles. The van der Waals surface area contributed by atoms with Gasteiger partial charge in [-0.1, -0.05) is 36.4 Å². The minimum Gasteiger partial charge on any atom is -0.325 e. The van der Waals surface area contributed by atoms with Crippen LogP contribution in [0.3, 0.4) is 0 Å². The zero-order chi connectivity index (χ0) is 11.7. The van der Waals surface area contributed by atoms with E-state index in [-0.39, 0.29) is 5.54 Å². The Labute approximate surface area is 109 Å². The summed E-state index contributed by atoms with van der Waals surface area (Å²) in [5, 5.41) is 0. The third-order valence-corrected chi connectivity index (χ3v) is 6.19. The van der Waals surface area contributed by atoms with Crippen molar-refractivity contribution >= 4 is 22.6 Å². The van der Waals surface area contributed by atoms with Crippen LogP contribution < -0.4 is 5.73 Å². The number of nitrogens with two attached hydrogens (primary N) is 1. The lowest BCUT2D eigenvalue weighted by Gasteiger charge is -2.42. The van der Waals surface area contributed by atoms with Crippen molar-refractivity contribution in [3.63, 3.8) is 0 Å². The third kappa shape index (κ3) is 3.58. The lowest BCUT2D eigenvalue weighted by Crippen LogP contribution is -2.43. The summed E-state index contributed by atoms with van der Waals surface area (Å²) in [4.78, 5) is 0. The lowest BCUT2D eigenvalue weighted by atomic mass is 9.66. The normalized spacial score (nSPS) is 29.2. The number of rotatable bonds is 3. The molecule has 1 aliphatic carbocycles. The van der Waals surface area contributed by atoms with E-state index >= 15 is 0 Å². The first kappa shape index (κ1) is 13.8. The Bertz CT molecular complexity index is 197. The molecule has 1 aliphatic rings. The molecule has 90 valence electrons. The van der Waals surface area contributed by atoms with Gasteiger partial charge in [0.25, 0.3) is 0 Å². The fourth-order valence-corrected chi connectivity index (χ4v) is 3.35. The Morgan fingerprint density at radius 3 is 1.73 bits per heavy atom. The molecule has 1 saturated carbocycles. The molecule has 15 heavy (non-hydrogen) atoms. The number of halogens is 1. The maximum absolute atomic E-state index is 6.20. The van der Waals surface area contributed by atoms with Gasteiger partial charge < -0.3 is 5.73 Å². The van der Waals surface area contributed by atoms with Crippen LogP contribution >= 0.6 is 22.6 Å². The van der Waals surface area contributed by atoms with Crippen molar-refractivity contribution in [1.82, 2.24) is 0 Å². The molecule has 0 unspecified atom stereocenters. The summed E-state index contributed by atoms with van der Waals surface area (Å²) in [7, 11) is 0. The molecule has 0 heterocycles. The molecule has 0 bridgehead atoms. The van der Waals surface area contributed by atoms with Crippen molar-refractivity contribution in [2.45, 2.75) is 58.9 Å². The molecular weight excluding hydrogens is 297 g/mol. The highest BCUT2D eigenvalue weighted by Gasteiger charge is 2.35. The molecule has 0 aromatic rings. The van der Waals surface area contributed by atoms with E-state index in [1.54, 1.807) is 0 Å². The third-order valence-electron chi connectivity index (χ3n) is 4.23. The molecule has 0 saturated heterocycles. The molecule has 2 heteroatoms. The van der Waals surface area contributed by atoms with E-state index in [4.69, 9.17) is 5.73 Å². The van der Waals surface area contributed by atoms with Crippen LogP contribution in [0, 0.1) is 17.3 Å². The Morgan fingerprint density at radius 1 is 1.00 bits per heavy atom. The summed E-state index contributed by atoms with van der Waals surface area (Å²) >= 11 is 2.53. The highest BCUT2D eigenvalue weighted by molar-refractivity contribution is 14.1. The second-order valence-corrected chi connectivity index (χ2v) is 7.25. The lowest BCUT2D eigenvalue weighted by molar-refractivity contribution is 0.126. The van der Waals surface area contributed by atoms with Crippen LogP contribution in [0.1, 0.15) is 53.4 Å². The van der Waals surface area contributed by atoms with Crippen molar-refractivity contribution in [3.8, 4) is 0 Å². The smallest absolute Gasteiger partial charge is 0.0125 e. The Hall–Kier alpha value is 0.690.